The number of methoxy groups -OCH3 is 1. The van der Waals surface area contributed by atoms with Crippen LogP contribution in [0.1, 0.15) is 45.5 Å². The lowest BCUT2D eigenvalue weighted by molar-refractivity contribution is 0.102. The molecule has 0 bridgehead atoms. The first-order valence-electron chi connectivity index (χ1n) is 11.8. The van der Waals surface area contributed by atoms with Gasteiger partial charge in [-0.3, -0.25) is 14.3 Å². The van der Waals surface area contributed by atoms with Crippen LogP contribution >= 0.6 is 23.2 Å². The van der Waals surface area contributed by atoms with Crippen molar-refractivity contribution in [1.29, 1.82) is 0 Å². The first-order chi connectivity index (χ1) is 18.3. The number of aliphatic hydroxyl groups excluding tert-OH is 1. The Morgan fingerprint density at radius 1 is 1.13 bits per heavy atom. The summed E-state index contributed by atoms with van der Waals surface area (Å²) in [5.74, 6) is -1.10. The predicted molar refractivity (Wildman–Crippen MR) is 144 cm³/mol. The van der Waals surface area contributed by atoms with Crippen LogP contribution in [-0.2, 0) is 6.54 Å². The van der Waals surface area contributed by atoms with Gasteiger partial charge in [0.2, 0.25) is 0 Å². The molecule has 4 aromatic rings. The standard InChI is InChI=1S/C28H22Cl2FN3O4/c1-38-25-12-15(11-20(31)19(25)14-35)16-5-2-6-17(26(16)29)18-7-3-8-21(27(18)30)32-28(37)22-13-23-24(36)9-4-10-34(23)33-22/h2-3,5-8,11-14,24,36H,4,9-10H2,1H3,(H,32,37). The van der Waals surface area contributed by atoms with Gasteiger partial charge in [0.15, 0.2) is 12.0 Å². The molecule has 1 aromatic heterocycles. The van der Waals surface area contributed by atoms with Gasteiger partial charge < -0.3 is 15.2 Å². The van der Waals surface area contributed by atoms with Gasteiger partial charge in [0, 0.05) is 23.2 Å². The molecule has 7 nitrogen and oxygen atoms in total. The quantitative estimate of drug-likeness (QED) is 0.263. The molecule has 3 aromatic carbocycles. The number of anilines is 1. The van der Waals surface area contributed by atoms with E-state index in [1.807, 2.05) is 0 Å². The SMILES string of the molecule is COc1cc(-c2cccc(-c3cccc(NC(=O)c4cc5n(n4)CCCC5O)c3Cl)c2Cl)cc(F)c1C=O. The highest BCUT2D eigenvalue weighted by Crippen LogP contribution is 2.42. The second-order valence-corrected chi connectivity index (χ2v) is 9.57. The maximum Gasteiger partial charge on any atom is 0.276 e. The number of aromatic nitrogens is 2. The highest BCUT2D eigenvalue weighted by molar-refractivity contribution is 6.39. The fourth-order valence-corrected chi connectivity index (χ4v) is 5.20. The molecule has 0 aliphatic carbocycles. The average Bonchev–Trinajstić information content (AvgIpc) is 3.36. The van der Waals surface area contributed by atoms with Crippen molar-refractivity contribution in [1.82, 2.24) is 9.78 Å². The highest BCUT2D eigenvalue weighted by Gasteiger charge is 2.24. The minimum absolute atomic E-state index is 0.0905. The van der Waals surface area contributed by atoms with Gasteiger partial charge >= 0.3 is 0 Å². The summed E-state index contributed by atoms with van der Waals surface area (Å²) in [6, 6.07) is 14.7. The van der Waals surface area contributed by atoms with Gasteiger partial charge in [-0.2, -0.15) is 5.10 Å². The second-order valence-electron chi connectivity index (χ2n) is 8.82. The topological polar surface area (TPSA) is 93.4 Å². The molecule has 1 atom stereocenters. The van der Waals surface area contributed by atoms with Gasteiger partial charge in [0.05, 0.1) is 40.2 Å². The van der Waals surface area contributed by atoms with Crippen LogP contribution in [0.15, 0.2) is 54.6 Å². The molecule has 1 unspecified atom stereocenters. The number of halogens is 3. The molecule has 0 spiro atoms. The number of aldehydes is 1. The smallest absolute Gasteiger partial charge is 0.276 e. The summed E-state index contributed by atoms with van der Waals surface area (Å²) in [5.41, 5.74) is 3.00. The first-order valence-corrected chi connectivity index (χ1v) is 12.6. The number of nitrogens with zero attached hydrogens (tertiary/aromatic N) is 2. The minimum Gasteiger partial charge on any atom is -0.496 e. The van der Waals surface area contributed by atoms with E-state index >= 15 is 0 Å². The lowest BCUT2D eigenvalue weighted by Crippen LogP contribution is -2.16. The number of fused-ring (bicyclic) bond motifs is 1. The average molecular weight is 554 g/mol. The van der Waals surface area contributed by atoms with Gasteiger partial charge in [-0.05, 0) is 42.7 Å². The number of aliphatic hydroxyl groups is 1. The molecule has 1 aliphatic rings. The highest BCUT2D eigenvalue weighted by atomic mass is 35.5. The molecular formula is C28H22Cl2FN3O4. The Kier molecular flexibility index (Phi) is 7.21. The fraction of sp³-hybridized carbons (Fsp3) is 0.179. The van der Waals surface area contributed by atoms with Crippen LogP contribution in [0.3, 0.4) is 0 Å². The maximum atomic E-state index is 14.6. The molecule has 0 radical (unpaired) electrons. The van der Waals surface area contributed by atoms with Crippen LogP contribution in [-0.4, -0.2) is 34.2 Å². The Morgan fingerprint density at radius 3 is 2.55 bits per heavy atom. The van der Waals surface area contributed by atoms with E-state index in [4.69, 9.17) is 27.9 Å². The summed E-state index contributed by atoms with van der Waals surface area (Å²) in [6.07, 6.45) is 1.16. The van der Waals surface area contributed by atoms with E-state index in [2.05, 4.69) is 10.4 Å². The number of carbonyl (C=O) groups excluding carboxylic acids is 2. The number of hydrogen-bond donors (Lipinski definition) is 2. The summed E-state index contributed by atoms with van der Waals surface area (Å²) in [7, 11) is 1.35. The molecule has 1 aliphatic heterocycles. The van der Waals surface area contributed by atoms with E-state index in [1.165, 1.54) is 19.2 Å². The van der Waals surface area contributed by atoms with E-state index in [1.54, 1.807) is 47.1 Å². The van der Waals surface area contributed by atoms with Crippen molar-refractivity contribution in [2.24, 2.45) is 0 Å². The number of carbonyl (C=O) groups is 2. The molecule has 38 heavy (non-hydrogen) atoms. The monoisotopic (exact) mass is 553 g/mol. The third kappa shape index (κ3) is 4.67. The molecule has 0 fully saturated rings. The summed E-state index contributed by atoms with van der Waals surface area (Å²) in [5, 5.41) is 17.8. The summed E-state index contributed by atoms with van der Waals surface area (Å²) in [6.45, 7) is 0.637. The lowest BCUT2D eigenvalue weighted by Gasteiger charge is -2.18. The Balaban J connectivity index is 1.49. The predicted octanol–water partition coefficient (Wildman–Crippen LogP) is 6.56. The number of benzene rings is 3. The lowest BCUT2D eigenvalue weighted by atomic mass is 9.97. The van der Waals surface area contributed by atoms with Crippen molar-refractivity contribution in [2.75, 3.05) is 12.4 Å². The molecule has 0 saturated carbocycles. The second kappa shape index (κ2) is 10.6. The summed E-state index contributed by atoms with van der Waals surface area (Å²) >= 11 is 13.5. The van der Waals surface area contributed by atoms with Crippen LogP contribution in [0.2, 0.25) is 10.0 Å². The summed E-state index contributed by atoms with van der Waals surface area (Å²) < 4.78 is 21.4. The number of ether oxygens (including phenoxy) is 1. The number of aryl methyl sites for hydroxylation is 1. The molecular weight excluding hydrogens is 532 g/mol. The molecule has 5 rings (SSSR count). The van der Waals surface area contributed by atoms with Gasteiger partial charge in [-0.1, -0.05) is 53.5 Å². The third-order valence-electron chi connectivity index (χ3n) is 6.51. The van der Waals surface area contributed by atoms with E-state index in [-0.39, 0.29) is 22.0 Å². The summed E-state index contributed by atoms with van der Waals surface area (Å²) in [4.78, 5) is 24.2. The van der Waals surface area contributed by atoms with Crippen LogP contribution in [0.25, 0.3) is 22.3 Å². The Hall–Kier alpha value is -3.72. The van der Waals surface area contributed by atoms with E-state index in [9.17, 15) is 19.1 Å². The normalized spacial score (nSPS) is 14.6. The zero-order chi connectivity index (χ0) is 27.0. The minimum atomic E-state index is -0.730. The van der Waals surface area contributed by atoms with Gasteiger partial charge in [0.1, 0.15) is 11.6 Å². The number of hydrogen-bond acceptors (Lipinski definition) is 5. The molecule has 1 amide bonds. The van der Waals surface area contributed by atoms with Crippen LogP contribution in [0.4, 0.5) is 10.1 Å². The molecule has 2 heterocycles. The van der Waals surface area contributed by atoms with Crippen LogP contribution in [0, 0.1) is 5.82 Å². The largest absolute Gasteiger partial charge is 0.496 e. The van der Waals surface area contributed by atoms with Crippen LogP contribution in [0.5, 0.6) is 5.75 Å². The van der Waals surface area contributed by atoms with Crippen molar-refractivity contribution in [3.05, 3.63) is 87.4 Å². The zero-order valence-electron chi connectivity index (χ0n) is 20.2. The van der Waals surface area contributed by atoms with Crippen molar-refractivity contribution >= 4 is 41.1 Å². The zero-order valence-corrected chi connectivity index (χ0v) is 21.7. The van der Waals surface area contributed by atoms with Gasteiger partial charge in [-0.15, -0.1) is 0 Å². The maximum absolute atomic E-state index is 14.6. The van der Waals surface area contributed by atoms with E-state index in [0.717, 1.165) is 6.42 Å². The first kappa shape index (κ1) is 25.9. The molecule has 2 N–H and O–H groups in total. The van der Waals surface area contributed by atoms with Crippen molar-refractivity contribution in [3.63, 3.8) is 0 Å². The van der Waals surface area contributed by atoms with E-state index in [0.29, 0.717) is 57.9 Å². The number of nitrogens with one attached hydrogen (secondary N) is 1. The van der Waals surface area contributed by atoms with Gasteiger partial charge in [-0.25, -0.2) is 4.39 Å². The van der Waals surface area contributed by atoms with E-state index < -0.39 is 17.8 Å². The van der Waals surface area contributed by atoms with Crippen molar-refractivity contribution < 1.29 is 23.8 Å². The van der Waals surface area contributed by atoms with Crippen molar-refractivity contribution in [3.8, 4) is 28.0 Å². The fourth-order valence-electron chi connectivity index (χ4n) is 4.59. The Bertz CT molecular complexity index is 1570. The van der Waals surface area contributed by atoms with Crippen LogP contribution < -0.4 is 10.1 Å². The molecule has 0 saturated heterocycles. The number of amides is 1. The molecule has 10 heteroatoms. The van der Waals surface area contributed by atoms with Gasteiger partial charge in [0.25, 0.3) is 5.91 Å². The number of rotatable bonds is 6. The Morgan fingerprint density at radius 2 is 1.84 bits per heavy atom. The Labute approximate surface area is 227 Å². The third-order valence-corrected chi connectivity index (χ3v) is 7.32. The van der Waals surface area contributed by atoms with Crippen molar-refractivity contribution in [2.45, 2.75) is 25.5 Å². The molecule has 194 valence electrons.